The van der Waals surface area contributed by atoms with E-state index in [2.05, 4.69) is 10.6 Å². The lowest BCUT2D eigenvalue weighted by Crippen LogP contribution is -2.35. The minimum atomic E-state index is -0.578. The number of nitrogens with one attached hydrogen (secondary N) is 2. The smallest absolute Gasteiger partial charge is 0.308 e. The van der Waals surface area contributed by atoms with Gasteiger partial charge < -0.3 is 5.32 Å². The summed E-state index contributed by atoms with van der Waals surface area (Å²) in [6, 6.07) is 14.1. The van der Waals surface area contributed by atoms with Gasteiger partial charge in [-0.1, -0.05) is 18.2 Å². The summed E-state index contributed by atoms with van der Waals surface area (Å²) in [6.07, 6.45) is 0. The van der Waals surface area contributed by atoms with Crippen molar-refractivity contribution < 1.29 is 14.0 Å². The van der Waals surface area contributed by atoms with Crippen molar-refractivity contribution >= 4 is 29.4 Å². The molecule has 2 aromatic rings. The van der Waals surface area contributed by atoms with Crippen LogP contribution in [0.4, 0.5) is 14.9 Å². The summed E-state index contributed by atoms with van der Waals surface area (Å²) in [7, 11) is 0. The van der Waals surface area contributed by atoms with Crippen molar-refractivity contribution in [3.63, 3.8) is 0 Å². The number of hydrogen-bond acceptors (Lipinski definition) is 3. The lowest BCUT2D eigenvalue weighted by molar-refractivity contribution is -0.117. The van der Waals surface area contributed by atoms with Gasteiger partial charge >= 0.3 is 6.03 Å². The Morgan fingerprint density at radius 3 is 2.33 bits per heavy atom. The zero-order valence-corrected chi connectivity index (χ0v) is 11.8. The molecule has 0 atom stereocenters. The fourth-order valence-corrected chi connectivity index (χ4v) is 2.22. The first kappa shape index (κ1) is 15.1. The van der Waals surface area contributed by atoms with Gasteiger partial charge in [-0.15, -0.1) is 11.8 Å². The minimum absolute atomic E-state index is 0.0772. The highest BCUT2D eigenvalue weighted by molar-refractivity contribution is 8.00. The second-order valence-electron chi connectivity index (χ2n) is 4.11. The normalized spacial score (nSPS) is 9.95. The van der Waals surface area contributed by atoms with Crippen molar-refractivity contribution in [2.24, 2.45) is 0 Å². The second kappa shape index (κ2) is 7.44. The van der Waals surface area contributed by atoms with Crippen LogP contribution in [0.5, 0.6) is 0 Å². The number of imide groups is 1. The number of anilines is 1. The van der Waals surface area contributed by atoms with E-state index in [0.29, 0.717) is 5.69 Å². The molecule has 6 heteroatoms. The number of carbonyl (C=O) groups is 2. The van der Waals surface area contributed by atoms with Gasteiger partial charge in [-0.25, -0.2) is 9.18 Å². The predicted octanol–water partition coefficient (Wildman–Crippen LogP) is 3.27. The van der Waals surface area contributed by atoms with Gasteiger partial charge in [-0.3, -0.25) is 10.1 Å². The molecule has 0 unspecified atom stereocenters. The number of carbonyl (C=O) groups excluding carboxylic acids is 2. The fourth-order valence-electron chi connectivity index (χ4n) is 1.53. The van der Waals surface area contributed by atoms with Crippen molar-refractivity contribution in [1.82, 2.24) is 5.32 Å². The number of thioether (sulfide) groups is 1. The molecule has 2 N–H and O–H groups in total. The van der Waals surface area contributed by atoms with Gasteiger partial charge in [0.05, 0.1) is 5.75 Å². The Morgan fingerprint density at radius 1 is 1.00 bits per heavy atom. The number of amides is 3. The molecule has 0 aliphatic carbocycles. The lowest BCUT2D eigenvalue weighted by Gasteiger charge is -2.06. The van der Waals surface area contributed by atoms with Crippen LogP contribution < -0.4 is 10.6 Å². The Labute approximate surface area is 125 Å². The first-order valence-electron chi connectivity index (χ1n) is 6.18. The molecule has 108 valence electrons. The maximum Gasteiger partial charge on any atom is 0.325 e. The summed E-state index contributed by atoms with van der Waals surface area (Å²) in [6.45, 7) is 0. The molecule has 0 saturated carbocycles. The monoisotopic (exact) mass is 304 g/mol. The van der Waals surface area contributed by atoms with Gasteiger partial charge in [-0.05, 0) is 36.4 Å². The van der Waals surface area contributed by atoms with Crippen LogP contribution in [0.25, 0.3) is 0 Å². The molecule has 0 heterocycles. The molecule has 2 aromatic carbocycles. The molecule has 0 spiro atoms. The molecule has 21 heavy (non-hydrogen) atoms. The summed E-state index contributed by atoms with van der Waals surface area (Å²) in [5.41, 5.74) is 0.606. The van der Waals surface area contributed by atoms with E-state index in [1.165, 1.54) is 23.9 Å². The minimum Gasteiger partial charge on any atom is -0.308 e. The van der Waals surface area contributed by atoms with E-state index in [4.69, 9.17) is 0 Å². The number of hydrogen-bond donors (Lipinski definition) is 2. The molecule has 0 saturated heterocycles. The second-order valence-corrected chi connectivity index (χ2v) is 5.16. The van der Waals surface area contributed by atoms with Gasteiger partial charge in [0.25, 0.3) is 0 Å². The van der Waals surface area contributed by atoms with Crippen LogP contribution in [0.2, 0.25) is 0 Å². The van der Waals surface area contributed by atoms with Crippen molar-refractivity contribution in [2.45, 2.75) is 4.90 Å². The third kappa shape index (κ3) is 5.27. The summed E-state index contributed by atoms with van der Waals surface area (Å²) < 4.78 is 12.7. The number of halogens is 1. The third-order valence-electron chi connectivity index (χ3n) is 2.47. The molecule has 0 fully saturated rings. The molecule has 0 aromatic heterocycles. The SMILES string of the molecule is O=C(CSc1ccc(F)cc1)NC(=O)Nc1ccccc1. The Morgan fingerprint density at radius 2 is 1.67 bits per heavy atom. The summed E-state index contributed by atoms with van der Waals surface area (Å²) in [5.74, 6) is -0.669. The van der Waals surface area contributed by atoms with E-state index in [0.717, 1.165) is 4.90 Å². The molecular weight excluding hydrogens is 291 g/mol. The standard InChI is InChI=1S/C15H13FN2O2S/c16-11-6-8-13(9-7-11)21-10-14(19)18-15(20)17-12-4-2-1-3-5-12/h1-9H,10H2,(H2,17,18,19,20). The van der Waals surface area contributed by atoms with Crippen molar-refractivity contribution in [3.8, 4) is 0 Å². The van der Waals surface area contributed by atoms with Crippen molar-refractivity contribution in [3.05, 3.63) is 60.4 Å². The molecule has 4 nitrogen and oxygen atoms in total. The molecule has 0 radical (unpaired) electrons. The zero-order chi connectivity index (χ0) is 15.1. The quantitative estimate of drug-likeness (QED) is 0.852. The Hall–Kier alpha value is -2.34. The predicted molar refractivity (Wildman–Crippen MR) is 80.7 cm³/mol. The van der Waals surface area contributed by atoms with Gasteiger partial charge in [0.2, 0.25) is 5.91 Å². The van der Waals surface area contributed by atoms with Gasteiger partial charge in [0, 0.05) is 10.6 Å². The summed E-state index contributed by atoms with van der Waals surface area (Å²) >= 11 is 1.23. The average molecular weight is 304 g/mol. The third-order valence-corrected chi connectivity index (χ3v) is 3.48. The first-order chi connectivity index (χ1) is 10.1. The van der Waals surface area contributed by atoms with Gasteiger partial charge in [-0.2, -0.15) is 0 Å². The average Bonchev–Trinajstić information content (AvgIpc) is 2.47. The number of benzene rings is 2. The van der Waals surface area contributed by atoms with E-state index in [1.54, 1.807) is 36.4 Å². The Kier molecular flexibility index (Phi) is 5.34. The van der Waals surface area contributed by atoms with Crippen LogP contribution >= 0.6 is 11.8 Å². The Balaban J connectivity index is 1.76. The number of urea groups is 1. The maximum atomic E-state index is 12.7. The number of para-hydroxylation sites is 1. The highest BCUT2D eigenvalue weighted by atomic mass is 32.2. The van der Waals surface area contributed by atoms with Crippen LogP contribution in [0.3, 0.4) is 0 Å². The molecule has 2 rings (SSSR count). The van der Waals surface area contributed by atoms with Crippen LogP contribution in [0, 0.1) is 5.82 Å². The van der Waals surface area contributed by atoms with Crippen molar-refractivity contribution in [1.29, 1.82) is 0 Å². The molecule has 3 amide bonds. The van der Waals surface area contributed by atoms with E-state index < -0.39 is 11.9 Å². The zero-order valence-electron chi connectivity index (χ0n) is 11.0. The van der Waals surface area contributed by atoms with E-state index in [1.807, 2.05) is 6.07 Å². The van der Waals surface area contributed by atoms with Crippen molar-refractivity contribution in [2.75, 3.05) is 11.1 Å². The summed E-state index contributed by atoms with van der Waals surface area (Å²) in [5, 5.41) is 4.77. The molecule has 0 aliphatic rings. The van der Waals surface area contributed by atoms with Crippen LogP contribution in [-0.4, -0.2) is 17.7 Å². The van der Waals surface area contributed by atoms with E-state index >= 15 is 0 Å². The molecule has 0 aliphatic heterocycles. The van der Waals surface area contributed by atoms with Crippen LogP contribution in [0.15, 0.2) is 59.5 Å². The van der Waals surface area contributed by atoms with E-state index in [9.17, 15) is 14.0 Å². The van der Waals surface area contributed by atoms with Gasteiger partial charge in [0.1, 0.15) is 5.82 Å². The van der Waals surface area contributed by atoms with E-state index in [-0.39, 0.29) is 11.6 Å². The summed E-state index contributed by atoms with van der Waals surface area (Å²) in [4.78, 5) is 24.0. The highest BCUT2D eigenvalue weighted by Gasteiger charge is 2.08. The van der Waals surface area contributed by atoms with Crippen LogP contribution in [0.1, 0.15) is 0 Å². The largest absolute Gasteiger partial charge is 0.325 e. The molecular formula is C15H13FN2O2S. The van der Waals surface area contributed by atoms with Gasteiger partial charge in [0.15, 0.2) is 0 Å². The molecule has 0 bridgehead atoms. The van der Waals surface area contributed by atoms with Crippen LogP contribution in [-0.2, 0) is 4.79 Å². The number of rotatable bonds is 4. The Bertz CT molecular complexity index is 617. The lowest BCUT2D eigenvalue weighted by atomic mass is 10.3. The topological polar surface area (TPSA) is 58.2 Å². The fraction of sp³-hybridized carbons (Fsp3) is 0.0667. The highest BCUT2D eigenvalue weighted by Crippen LogP contribution is 2.17. The first-order valence-corrected chi connectivity index (χ1v) is 7.16. The maximum absolute atomic E-state index is 12.7.